The van der Waals surface area contributed by atoms with E-state index in [0.29, 0.717) is 17.0 Å². The van der Waals surface area contributed by atoms with Gasteiger partial charge in [-0.3, -0.25) is 0 Å². The van der Waals surface area contributed by atoms with Gasteiger partial charge in [0, 0.05) is 7.11 Å². The lowest BCUT2D eigenvalue weighted by Gasteiger charge is -1.94. The number of anilines is 2. The number of nitrogens with zero attached hydrogens (tertiary/aromatic N) is 3. The quantitative estimate of drug-likeness (QED) is 0.658. The van der Waals surface area contributed by atoms with Crippen LogP contribution >= 0.6 is 7.80 Å². The molecule has 88 valence electrons. The van der Waals surface area contributed by atoms with Gasteiger partial charge in [-0.25, -0.2) is 4.98 Å². The number of hydrogen-bond acceptors (Lipinski definition) is 7. The number of ether oxygens (including phenoxy) is 1. The van der Waals surface area contributed by atoms with E-state index in [4.69, 9.17) is 16.2 Å². The Labute approximate surface area is 96.6 Å². The summed E-state index contributed by atoms with van der Waals surface area (Å²) in [6, 6.07) is 0. The molecule has 0 amide bonds. The molecule has 1 aliphatic heterocycles. The van der Waals surface area contributed by atoms with Gasteiger partial charge in [-0.1, -0.05) is 4.57 Å². The van der Waals surface area contributed by atoms with Crippen molar-refractivity contribution in [3.05, 3.63) is 5.82 Å². The molecule has 1 fully saturated rings. The number of nitrogen functional groups attached to an aromatic ring is 2. The second-order valence-corrected chi connectivity index (χ2v) is 5.50. The summed E-state index contributed by atoms with van der Waals surface area (Å²) in [5.74, 6) is 0.573. The molecule has 2 aromatic heterocycles. The van der Waals surface area contributed by atoms with E-state index in [0.717, 1.165) is 0 Å². The summed E-state index contributed by atoms with van der Waals surface area (Å²) in [6.07, 6.45) is 0. The number of H-pyrrole nitrogens is 1. The van der Waals surface area contributed by atoms with Crippen LogP contribution in [0.3, 0.4) is 0 Å². The lowest BCUT2D eigenvalue weighted by atomic mass is 10.4. The Bertz CT molecular complexity index is 626. The van der Waals surface area contributed by atoms with E-state index >= 15 is 0 Å². The maximum Gasteiger partial charge on any atom is 0.394 e. The number of aromatic nitrogens is 4. The lowest BCUT2D eigenvalue weighted by molar-refractivity contribution is 0.193. The molecule has 17 heavy (non-hydrogen) atoms. The zero-order chi connectivity index (χ0) is 12.2. The van der Waals surface area contributed by atoms with E-state index in [-0.39, 0.29) is 23.3 Å². The van der Waals surface area contributed by atoms with E-state index in [1.54, 1.807) is 0 Å². The highest BCUT2D eigenvalue weighted by molar-refractivity contribution is 7.54. The molecule has 0 radical (unpaired) electrons. The number of rotatable bonds is 2. The number of hydrogen-bond donors (Lipinski definition) is 3. The minimum absolute atomic E-state index is 0.0662. The van der Waals surface area contributed by atoms with E-state index < -0.39 is 7.80 Å². The predicted molar refractivity (Wildman–Crippen MR) is 61.7 cm³/mol. The molecule has 5 N–H and O–H groups in total. The van der Waals surface area contributed by atoms with Crippen molar-refractivity contribution in [1.29, 1.82) is 0 Å². The molecule has 3 atom stereocenters. The first-order valence-corrected chi connectivity index (χ1v) is 6.28. The first kappa shape index (κ1) is 10.4. The Morgan fingerprint density at radius 3 is 2.76 bits per heavy atom. The molecular formula is C8H10N6O2P+. The van der Waals surface area contributed by atoms with Gasteiger partial charge in [-0.2, -0.15) is 9.97 Å². The summed E-state index contributed by atoms with van der Waals surface area (Å²) in [4.78, 5) is 15.0. The van der Waals surface area contributed by atoms with Crippen LogP contribution in [0, 0.1) is 0 Å². The first-order chi connectivity index (χ1) is 8.11. The van der Waals surface area contributed by atoms with Crippen LogP contribution in [0.1, 0.15) is 11.5 Å². The van der Waals surface area contributed by atoms with Crippen LogP contribution in [0.4, 0.5) is 11.8 Å². The molecule has 3 unspecified atom stereocenters. The van der Waals surface area contributed by atoms with Gasteiger partial charge in [-0.05, 0) is 0 Å². The minimum Gasteiger partial charge on any atom is -0.382 e. The van der Waals surface area contributed by atoms with Gasteiger partial charge in [0.15, 0.2) is 17.3 Å². The number of methoxy groups -OCH3 is 1. The molecule has 0 spiro atoms. The second-order valence-electron chi connectivity index (χ2n) is 3.72. The van der Waals surface area contributed by atoms with Crippen molar-refractivity contribution in [3.63, 3.8) is 0 Å². The molecule has 1 saturated heterocycles. The van der Waals surface area contributed by atoms with Gasteiger partial charge >= 0.3 is 13.6 Å². The Morgan fingerprint density at radius 2 is 2.12 bits per heavy atom. The van der Waals surface area contributed by atoms with Crippen molar-refractivity contribution in [2.45, 2.75) is 11.5 Å². The van der Waals surface area contributed by atoms with E-state index in [2.05, 4.69) is 19.9 Å². The zero-order valence-corrected chi connectivity index (χ0v) is 9.81. The van der Waals surface area contributed by atoms with Crippen molar-refractivity contribution in [2.24, 2.45) is 0 Å². The van der Waals surface area contributed by atoms with Crippen molar-refractivity contribution in [2.75, 3.05) is 18.6 Å². The third-order valence-electron chi connectivity index (χ3n) is 2.64. The Kier molecular flexibility index (Phi) is 2.04. The summed E-state index contributed by atoms with van der Waals surface area (Å²) in [5, 5.41) is 0. The van der Waals surface area contributed by atoms with Crippen molar-refractivity contribution >= 4 is 30.7 Å². The Hall–Kier alpha value is -1.79. The van der Waals surface area contributed by atoms with Gasteiger partial charge in [0.05, 0.1) is 0 Å². The fourth-order valence-corrected chi connectivity index (χ4v) is 3.15. The molecule has 0 aliphatic carbocycles. The minimum atomic E-state index is -1.41. The Balaban J connectivity index is 2.09. The maximum absolute atomic E-state index is 11.5. The van der Waals surface area contributed by atoms with E-state index in [1.807, 2.05) is 0 Å². The smallest absolute Gasteiger partial charge is 0.382 e. The molecule has 0 aromatic carbocycles. The summed E-state index contributed by atoms with van der Waals surface area (Å²) in [5.41, 5.74) is 11.8. The van der Waals surface area contributed by atoms with Gasteiger partial charge in [-0.15, -0.1) is 0 Å². The third-order valence-corrected chi connectivity index (χ3v) is 4.37. The number of imidazole rings is 1. The molecule has 9 heteroatoms. The van der Waals surface area contributed by atoms with Crippen molar-refractivity contribution in [3.8, 4) is 0 Å². The average Bonchev–Trinajstić information content (AvgIpc) is 2.73. The largest absolute Gasteiger partial charge is 0.394 e. The van der Waals surface area contributed by atoms with Crippen LogP contribution in [-0.4, -0.2) is 32.9 Å². The highest BCUT2D eigenvalue weighted by atomic mass is 31.1. The summed E-state index contributed by atoms with van der Waals surface area (Å²) in [6.45, 7) is 0. The topological polar surface area (TPSA) is 133 Å². The van der Waals surface area contributed by atoms with Crippen LogP contribution in [0.5, 0.6) is 0 Å². The van der Waals surface area contributed by atoms with Gasteiger partial charge in [0.1, 0.15) is 5.52 Å². The standard InChI is InChI=1S/C8H10N6O2P/c1-16-7-3(17(7)15)6-11-2-4(9)12-8(10)14-5(2)13-6/h3,7H,1H3,(H5,9,10,11,12,13,14)/q+1. The van der Waals surface area contributed by atoms with Gasteiger partial charge in [0.2, 0.25) is 5.95 Å². The van der Waals surface area contributed by atoms with Gasteiger partial charge < -0.3 is 21.2 Å². The fourth-order valence-electron chi connectivity index (χ4n) is 1.77. The van der Waals surface area contributed by atoms with Crippen LogP contribution in [0.25, 0.3) is 11.2 Å². The summed E-state index contributed by atoms with van der Waals surface area (Å²) in [7, 11) is 0.107. The molecule has 2 aromatic rings. The average molecular weight is 253 g/mol. The Morgan fingerprint density at radius 1 is 1.35 bits per heavy atom. The molecular weight excluding hydrogens is 243 g/mol. The van der Waals surface area contributed by atoms with Crippen LogP contribution in [-0.2, 0) is 9.30 Å². The molecule has 8 nitrogen and oxygen atoms in total. The lowest BCUT2D eigenvalue weighted by Crippen LogP contribution is -1.99. The number of fused-ring (bicyclic) bond motifs is 1. The number of nitrogens with two attached hydrogens (primary N) is 2. The summed E-state index contributed by atoms with van der Waals surface area (Å²) < 4.78 is 16.6. The van der Waals surface area contributed by atoms with Crippen molar-refractivity contribution in [1.82, 2.24) is 19.9 Å². The van der Waals surface area contributed by atoms with Crippen molar-refractivity contribution < 1.29 is 9.30 Å². The third kappa shape index (κ3) is 1.45. The molecule has 0 saturated carbocycles. The molecule has 1 aliphatic rings. The number of nitrogens with one attached hydrogen (secondary N) is 1. The monoisotopic (exact) mass is 253 g/mol. The SMILES string of the molecule is COC1C(c2nc3nc(N)nc(N)c3[nH]2)[P+]1=O. The fraction of sp³-hybridized carbons (Fsp3) is 0.375. The number of aromatic amines is 1. The highest BCUT2D eigenvalue weighted by Gasteiger charge is 2.69. The molecule has 0 bridgehead atoms. The van der Waals surface area contributed by atoms with Gasteiger partial charge in [0.25, 0.3) is 5.66 Å². The van der Waals surface area contributed by atoms with Crippen LogP contribution < -0.4 is 11.5 Å². The predicted octanol–water partition coefficient (Wildman–Crippen LogP) is 0.372. The van der Waals surface area contributed by atoms with Crippen LogP contribution in [0.2, 0.25) is 0 Å². The highest BCUT2D eigenvalue weighted by Crippen LogP contribution is 2.67. The van der Waals surface area contributed by atoms with Crippen LogP contribution in [0.15, 0.2) is 0 Å². The first-order valence-electron chi connectivity index (χ1n) is 4.88. The van der Waals surface area contributed by atoms with E-state index in [9.17, 15) is 4.57 Å². The zero-order valence-electron chi connectivity index (χ0n) is 8.91. The van der Waals surface area contributed by atoms with E-state index in [1.165, 1.54) is 7.11 Å². The second kappa shape index (κ2) is 3.35. The molecule has 3 rings (SSSR count). The molecule has 3 heterocycles. The maximum atomic E-state index is 11.5. The normalized spacial score (nSPS) is 25.4. The summed E-state index contributed by atoms with van der Waals surface area (Å²) >= 11 is 0.